The van der Waals surface area contributed by atoms with Crippen molar-refractivity contribution >= 4 is 29.3 Å². The summed E-state index contributed by atoms with van der Waals surface area (Å²) in [5.74, 6) is 0.990. The molecule has 0 amide bonds. The van der Waals surface area contributed by atoms with Crippen LogP contribution in [-0.2, 0) is 12.3 Å². The summed E-state index contributed by atoms with van der Waals surface area (Å²) in [6, 6.07) is 19.5. The first kappa shape index (κ1) is 17.9. The van der Waals surface area contributed by atoms with Crippen LogP contribution in [0.1, 0.15) is 23.1 Å². The number of benzene rings is 2. The molecule has 2 aromatic rings. The van der Waals surface area contributed by atoms with Crippen molar-refractivity contribution in [3.8, 4) is 0 Å². The second kappa shape index (κ2) is 8.99. The lowest BCUT2D eigenvalue weighted by atomic mass is 10.2. The summed E-state index contributed by atoms with van der Waals surface area (Å²) in [4.78, 5) is 7.16. The molecule has 2 nitrogen and oxygen atoms in total. The van der Waals surface area contributed by atoms with Crippen LogP contribution in [0.15, 0.2) is 59.6 Å². The van der Waals surface area contributed by atoms with Crippen molar-refractivity contribution in [1.82, 2.24) is 4.90 Å². The van der Waals surface area contributed by atoms with E-state index in [4.69, 9.17) is 4.99 Å². The summed E-state index contributed by atoms with van der Waals surface area (Å²) in [6.07, 6.45) is 1.15. The fourth-order valence-electron chi connectivity index (χ4n) is 2.55. The normalized spacial score (nSPS) is 14.1. The summed E-state index contributed by atoms with van der Waals surface area (Å²) in [5, 5.41) is 1.19. The van der Waals surface area contributed by atoms with Gasteiger partial charge in [0.1, 0.15) is 0 Å². The summed E-state index contributed by atoms with van der Waals surface area (Å²) in [5.41, 5.74) is 4.03. The zero-order valence-electron chi connectivity index (χ0n) is 13.4. The van der Waals surface area contributed by atoms with Crippen molar-refractivity contribution in [2.45, 2.75) is 25.6 Å². The zero-order chi connectivity index (χ0) is 15.2. The number of hydrogen-bond acceptors (Lipinski definition) is 3. The minimum atomic E-state index is 0. The van der Waals surface area contributed by atoms with E-state index in [1.807, 2.05) is 11.8 Å². The molecule has 0 atom stereocenters. The first-order valence-corrected chi connectivity index (χ1v) is 8.81. The molecule has 3 rings (SSSR count). The topological polar surface area (TPSA) is 15.6 Å². The van der Waals surface area contributed by atoms with Gasteiger partial charge in [-0.3, -0.25) is 4.99 Å². The maximum atomic E-state index is 4.75. The molecule has 0 spiro atoms. The second-order valence-corrected chi connectivity index (χ2v) is 6.64. The lowest BCUT2D eigenvalue weighted by Crippen LogP contribution is -2.33. The highest BCUT2D eigenvalue weighted by atomic mass is 35.5. The van der Waals surface area contributed by atoms with E-state index in [2.05, 4.69) is 66.4 Å². The molecule has 23 heavy (non-hydrogen) atoms. The number of thioether (sulfide) groups is 1. The van der Waals surface area contributed by atoms with Gasteiger partial charge in [-0.05, 0) is 24.5 Å². The Kier molecular flexibility index (Phi) is 7.00. The summed E-state index contributed by atoms with van der Waals surface area (Å²) in [6.45, 7) is 5.15. The van der Waals surface area contributed by atoms with Gasteiger partial charge in [0.25, 0.3) is 0 Å². The fraction of sp³-hybridized carbons (Fsp3) is 0.316. The average molecular weight is 347 g/mol. The van der Waals surface area contributed by atoms with E-state index in [1.165, 1.54) is 21.9 Å². The van der Waals surface area contributed by atoms with Crippen molar-refractivity contribution in [3.63, 3.8) is 0 Å². The second-order valence-electron chi connectivity index (χ2n) is 5.70. The minimum Gasteiger partial charge on any atom is -0.347 e. The van der Waals surface area contributed by atoms with E-state index in [0.717, 1.165) is 31.8 Å². The molecule has 0 saturated heterocycles. The maximum Gasteiger partial charge on any atom is 0.159 e. The molecule has 0 aliphatic carbocycles. The number of amidine groups is 1. The highest BCUT2D eigenvalue weighted by Gasteiger charge is 2.16. The Labute approximate surface area is 149 Å². The average Bonchev–Trinajstić information content (AvgIpc) is 2.56. The van der Waals surface area contributed by atoms with Crippen molar-refractivity contribution in [3.05, 3.63) is 71.3 Å². The molecule has 1 heterocycles. The SMILES string of the molecule is Cc1ccc(CSC2=NCCCN2Cc2ccccc2)cc1.Cl. The molecule has 0 unspecified atom stereocenters. The molecule has 2 aromatic carbocycles. The third-order valence-corrected chi connectivity index (χ3v) is 4.93. The van der Waals surface area contributed by atoms with Gasteiger partial charge < -0.3 is 4.90 Å². The molecule has 0 N–H and O–H groups in total. The molecule has 4 heteroatoms. The van der Waals surface area contributed by atoms with Gasteiger partial charge in [0.2, 0.25) is 0 Å². The zero-order valence-corrected chi connectivity index (χ0v) is 15.1. The fourth-order valence-corrected chi connectivity index (χ4v) is 3.56. The Morgan fingerprint density at radius 1 is 1.00 bits per heavy atom. The molecule has 122 valence electrons. The number of aliphatic imine (C=N–C) groups is 1. The number of nitrogens with zero attached hydrogens (tertiary/aromatic N) is 2. The van der Waals surface area contributed by atoms with E-state index in [1.54, 1.807) is 0 Å². The van der Waals surface area contributed by atoms with Crippen LogP contribution in [0.5, 0.6) is 0 Å². The number of halogens is 1. The molecule has 0 fully saturated rings. The van der Waals surface area contributed by atoms with Gasteiger partial charge in [0, 0.05) is 25.4 Å². The van der Waals surface area contributed by atoms with Gasteiger partial charge in [-0.25, -0.2) is 0 Å². The smallest absolute Gasteiger partial charge is 0.159 e. The van der Waals surface area contributed by atoms with Gasteiger partial charge in [-0.2, -0.15) is 0 Å². The Morgan fingerprint density at radius 2 is 1.74 bits per heavy atom. The van der Waals surface area contributed by atoms with Gasteiger partial charge >= 0.3 is 0 Å². The predicted molar refractivity (Wildman–Crippen MR) is 103 cm³/mol. The van der Waals surface area contributed by atoms with Crippen LogP contribution >= 0.6 is 24.2 Å². The van der Waals surface area contributed by atoms with Crippen molar-refractivity contribution in [1.29, 1.82) is 0 Å². The van der Waals surface area contributed by atoms with E-state index in [9.17, 15) is 0 Å². The van der Waals surface area contributed by atoms with Crippen LogP contribution in [0, 0.1) is 6.92 Å². The van der Waals surface area contributed by atoms with Crippen molar-refractivity contribution in [2.24, 2.45) is 4.99 Å². The molecule has 0 saturated carbocycles. The number of rotatable bonds is 4. The molecular weight excluding hydrogens is 324 g/mol. The Balaban J connectivity index is 0.00000192. The summed E-state index contributed by atoms with van der Waals surface area (Å²) < 4.78 is 0. The van der Waals surface area contributed by atoms with E-state index >= 15 is 0 Å². The summed E-state index contributed by atoms with van der Waals surface area (Å²) >= 11 is 1.86. The van der Waals surface area contributed by atoms with Gasteiger partial charge in [0.15, 0.2) is 5.17 Å². The molecule has 1 aliphatic heterocycles. The quantitative estimate of drug-likeness (QED) is 0.781. The maximum absolute atomic E-state index is 4.75. The number of hydrogen-bond donors (Lipinski definition) is 0. The van der Waals surface area contributed by atoms with Crippen LogP contribution in [0.2, 0.25) is 0 Å². The Morgan fingerprint density at radius 3 is 2.48 bits per heavy atom. The Hall–Kier alpha value is -1.45. The Bertz CT molecular complexity index is 626. The molecule has 0 bridgehead atoms. The lowest BCUT2D eigenvalue weighted by molar-refractivity contribution is 0.397. The van der Waals surface area contributed by atoms with Crippen LogP contribution in [0.25, 0.3) is 0 Å². The lowest BCUT2D eigenvalue weighted by Gasteiger charge is -2.29. The predicted octanol–water partition coefficient (Wildman–Crippen LogP) is 4.91. The molecule has 1 aliphatic rings. The van der Waals surface area contributed by atoms with Gasteiger partial charge in [0.05, 0.1) is 0 Å². The number of aryl methyl sites for hydroxylation is 1. The van der Waals surface area contributed by atoms with Gasteiger partial charge in [-0.1, -0.05) is 71.9 Å². The first-order chi connectivity index (χ1) is 10.8. The monoisotopic (exact) mass is 346 g/mol. The van der Waals surface area contributed by atoms with Crippen LogP contribution in [-0.4, -0.2) is 23.2 Å². The van der Waals surface area contributed by atoms with Crippen molar-refractivity contribution in [2.75, 3.05) is 13.1 Å². The molecule has 0 radical (unpaired) electrons. The molecular formula is C19H23ClN2S. The minimum absolute atomic E-state index is 0. The first-order valence-electron chi connectivity index (χ1n) is 7.83. The van der Waals surface area contributed by atoms with E-state index < -0.39 is 0 Å². The highest BCUT2D eigenvalue weighted by Crippen LogP contribution is 2.21. The standard InChI is InChI=1S/C19H22N2S.ClH/c1-16-8-10-18(11-9-16)15-22-19-20-12-5-13-21(19)14-17-6-3-2-4-7-17;/h2-4,6-11H,5,12-15H2,1H3;1H. The van der Waals surface area contributed by atoms with Crippen LogP contribution in [0.3, 0.4) is 0 Å². The van der Waals surface area contributed by atoms with Crippen LogP contribution < -0.4 is 0 Å². The van der Waals surface area contributed by atoms with Gasteiger partial charge in [-0.15, -0.1) is 12.4 Å². The highest BCUT2D eigenvalue weighted by molar-refractivity contribution is 8.13. The largest absolute Gasteiger partial charge is 0.347 e. The van der Waals surface area contributed by atoms with Crippen LogP contribution in [0.4, 0.5) is 0 Å². The van der Waals surface area contributed by atoms with E-state index in [-0.39, 0.29) is 12.4 Å². The van der Waals surface area contributed by atoms with Crippen molar-refractivity contribution < 1.29 is 0 Å². The third kappa shape index (κ3) is 5.29. The third-order valence-electron chi connectivity index (χ3n) is 3.81. The molecule has 0 aromatic heterocycles. The summed E-state index contributed by atoms with van der Waals surface area (Å²) in [7, 11) is 0. The van der Waals surface area contributed by atoms with E-state index in [0.29, 0.717) is 0 Å².